The SMILES string of the molecule is CC(OC(=O)CC1Oc2ccccc2NC1=O)C(=O)Nc1cccnc1Cl. The van der Waals surface area contributed by atoms with Gasteiger partial charge >= 0.3 is 5.97 Å². The zero-order valence-electron chi connectivity index (χ0n) is 14.3. The van der Waals surface area contributed by atoms with Crippen molar-refractivity contribution in [1.82, 2.24) is 4.98 Å². The fraction of sp³-hybridized carbons (Fsp3) is 0.222. The summed E-state index contributed by atoms with van der Waals surface area (Å²) in [5.74, 6) is -1.30. The van der Waals surface area contributed by atoms with Crippen LogP contribution in [0.4, 0.5) is 11.4 Å². The molecule has 8 nitrogen and oxygen atoms in total. The summed E-state index contributed by atoms with van der Waals surface area (Å²) in [7, 11) is 0. The first kappa shape index (κ1) is 18.7. The molecule has 2 heterocycles. The Kier molecular flexibility index (Phi) is 5.56. The maximum Gasteiger partial charge on any atom is 0.310 e. The van der Waals surface area contributed by atoms with Gasteiger partial charge in [-0.25, -0.2) is 4.98 Å². The Morgan fingerprint density at radius 2 is 2.11 bits per heavy atom. The second-order valence-electron chi connectivity index (χ2n) is 5.76. The first-order valence-corrected chi connectivity index (χ1v) is 8.49. The van der Waals surface area contributed by atoms with Crippen LogP contribution in [-0.2, 0) is 19.1 Å². The normalized spacial score (nSPS) is 16.4. The predicted octanol–water partition coefficient (Wildman–Crippen LogP) is 2.40. The third kappa shape index (κ3) is 4.53. The van der Waals surface area contributed by atoms with Gasteiger partial charge in [-0.15, -0.1) is 0 Å². The van der Waals surface area contributed by atoms with Gasteiger partial charge in [0, 0.05) is 6.20 Å². The van der Waals surface area contributed by atoms with Crippen LogP contribution >= 0.6 is 11.6 Å². The smallest absolute Gasteiger partial charge is 0.310 e. The largest absolute Gasteiger partial charge is 0.478 e. The molecule has 0 spiro atoms. The van der Waals surface area contributed by atoms with E-state index in [-0.39, 0.29) is 11.6 Å². The van der Waals surface area contributed by atoms with Gasteiger partial charge in [-0.1, -0.05) is 23.7 Å². The lowest BCUT2D eigenvalue weighted by Gasteiger charge is -2.25. The zero-order chi connectivity index (χ0) is 19.4. The highest BCUT2D eigenvalue weighted by Gasteiger charge is 2.31. The summed E-state index contributed by atoms with van der Waals surface area (Å²) in [5.41, 5.74) is 0.840. The number of para-hydroxylation sites is 2. The van der Waals surface area contributed by atoms with E-state index < -0.39 is 30.0 Å². The number of halogens is 1. The van der Waals surface area contributed by atoms with E-state index in [9.17, 15) is 14.4 Å². The van der Waals surface area contributed by atoms with E-state index in [0.29, 0.717) is 17.1 Å². The van der Waals surface area contributed by atoms with Crippen molar-refractivity contribution in [2.45, 2.75) is 25.6 Å². The Morgan fingerprint density at radius 3 is 2.89 bits per heavy atom. The van der Waals surface area contributed by atoms with Crippen molar-refractivity contribution in [3.05, 3.63) is 47.7 Å². The van der Waals surface area contributed by atoms with Crippen LogP contribution in [-0.4, -0.2) is 35.0 Å². The number of ether oxygens (including phenoxy) is 2. The topological polar surface area (TPSA) is 107 Å². The third-order valence-corrected chi connectivity index (χ3v) is 4.05. The third-order valence-electron chi connectivity index (χ3n) is 3.75. The van der Waals surface area contributed by atoms with E-state index in [1.807, 2.05) is 0 Å². The number of carbonyl (C=O) groups is 3. The Balaban J connectivity index is 1.55. The van der Waals surface area contributed by atoms with E-state index in [2.05, 4.69) is 15.6 Å². The number of esters is 1. The number of amides is 2. The lowest BCUT2D eigenvalue weighted by Crippen LogP contribution is -2.40. The number of anilines is 2. The molecule has 27 heavy (non-hydrogen) atoms. The van der Waals surface area contributed by atoms with E-state index in [1.165, 1.54) is 13.1 Å². The van der Waals surface area contributed by atoms with Crippen LogP contribution in [0.5, 0.6) is 5.75 Å². The average molecular weight is 390 g/mol. The lowest BCUT2D eigenvalue weighted by molar-refractivity contribution is -0.155. The summed E-state index contributed by atoms with van der Waals surface area (Å²) < 4.78 is 10.6. The predicted molar refractivity (Wildman–Crippen MR) is 97.5 cm³/mol. The summed E-state index contributed by atoms with van der Waals surface area (Å²) in [6.45, 7) is 1.41. The zero-order valence-corrected chi connectivity index (χ0v) is 15.0. The highest BCUT2D eigenvalue weighted by Crippen LogP contribution is 2.29. The molecule has 2 unspecified atom stereocenters. The first-order valence-electron chi connectivity index (χ1n) is 8.11. The quantitative estimate of drug-likeness (QED) is 0.600. The molecule has 0 fully saturated rings. The highest BCUT2D eigenvalue weighted by atomic mass is 35.5. The number of hydrogen-bond donors (Lipinski definition) is 2. The molecule has 1 aromatic heterocycles. The second kappa shape index (κ2) is 8.05. The molecule has 2 atom stereocenters. The van der Waals surface area contributed by atoms with Gasteiger partial charge in [-0.05, 0) is 31.2 Å². The molecule has 1 aromatic carbocycles. The molecule has 0 saturated heterocycles. The number of nitrogens with zero attached hydrogens (tertiary/aromatic N) is 1. The van der Waals surface area contributed by atoms with Crippen LogP contribution in [0.3, 0.4) is 0 Å². The van der Waals surface area contributed by atoms with Gasteiger partial charge in [-0.3, -0.25) is 14.4 Å². The minimum atomic E-state index is -1.09. The van der Waals surface area contributed by atoms with Crippen LogP contribution in [0, 0.1) is 0 Å². The van der Waals surface area contributed by atoms with Crippen molar-refractivity contribution in [2.75, 3.05) is 10.6 Å². The summed E-state index contributed by atoms with van der Waals surface area (Å²) in [6, 6.07) is 10.1. The van der Waals surface area contributed by atoms with Crippen molar-refractivity contribution < 1.29 is 23.9 Å². The summed E-state index contributed by atoms with van der Waals surface area (Å²) in [6.07, 6.45) is -0.969. The monoisotopic (exact) mass is 389 g/mol. The van der Waals surface area contributed by atoms with Gasteiger partial charge in [-0.2, -0.15) is 0 Å². The molecule has 0 aliphatic carbocycles. The molecule has 9 heteroatoms. The molecule has 2 aromatic rings. The Labute approximate surface area is 159 Å². The number of fused-ring (bicyclic) bond motifs is 1. The van der Waals surface area contributed by atoms with Crippen molar-refractivity contribution in [3.8, 4) is 5.75 Å². The van der Waals surface area contributed by atoms with Crippen LogP contribution in [0.2, 0.25) is 5.15 Å². The number of nitrogens with one attached hydrogen (secondary N) is 2. The summed E-state index contributed by atoms with van der Waals surface area (Å²) >= 11 is 5.87. The molecule has 140 valence electrons. The number of benzene rings is 1. The molecule has 1 aliphatic rings. The Bertz CT molecular complexity index is 889. The van der Waals surface area contributed by atoms with E-state index >= 15 is 0 Å². The fourth-order valence-corrected chi connectivity index (χ4v) is 2.56. The van der Waals surface area contributed by atoms with Crippen molar-refractivity contribution in [1.29, 1.82) is 0 Å². The standard InChI is InChI=1S/C18H16ClN3O5/c1-10(17(24)22-12-6-4-8-20-16(12)19)26-15(23)9-14-18(25)21-11-5-2-3-7-13(11)27-14/h2-8,10,14H,9H2,1H3,(H,21,25)(H,22,24). The maximum absolute atomic E-state index is 12.1. The van der Waals surface area contributed by atoms with Gasteiger partial charge in [0.05, 0.1) is 17.8 Å². The molecule has 1 aliphatic heterocycles. The molecule has 2 amide bonds. The number of carbonyl (C=O) groups excluding carboxylic acids is 3. The van der Waals surface area contributed by atoms with E-state index in [0.717, 1.165) is 0 Å². The molecular formula is C18H16ClN3O5. The van der Waals surface area contributed by atoms with Gasteiger partial charge in [0.15, 0.2) is 17.4 Å². The highest BCUT2D eigenvalue weighted by molar-refractivity contribution is 6.32. The van der Waals surface area contributed by atoms with Gasteiger partial charge in [0.25, 0.3) is 11.8 Å². The fourth-order valence-electron chi connectivity index (χ4n) is 2.39. The van der Waals surface area contributed by atoms with Crippen LogP contribution in [0.15, 0.2) is 42.6 Å². The van der Waals surface area contributed by atoms with Gasteiger partial charge in [0.1, 0.15) is 5.75 Å². The van der Waals surface area contributed by atoms with E-state index in [1.54, 1.807) is 36.4 Å². The van der Waals surface area contributed by atoms with Gasteiger partial charge < -0.3 is 20.1 Å². The van der Waals surface area contributed by atoms with Crippen molar-refractivity contribution in [2.24, 2.45) is 0 Å². The number of rotatable bonds is 5. The average Bonchev–Trinajstić information content (AvgIpc) is 2.64. The number of pyridine rings is 1. The van der Waals surface area contributed by atoms with Crippen LogP contribution < -0.4 is 15.4 Å². The Hall–Kier alpha value is -3.13. The molecular weight excluding hydrogens is 374 g/mol. The van der Waals surface area contributed by atoms with Crippen molar-refractivity contribution in [3.63, 3.8) is 0 Å². The minimum absolute atomic E-state index is 0.121. The lowest BCUT2D eigenvalue weighted by atomic mass is 10.1. The second-order valence-corrected chi connectivity index (χ2v) is 6.12. The molecule has 0 radical (unpaired) electrons. The molecule has 0 saturated carbocycles. The number of aromatic nitrogens is 1. The summed E-state index contributed by atoms with van der Waals surface area (Å²) in [4.78, 5) is 40.1. The minimum Gasteiger partial charge on any atom is -0.478 e. The Morgan fingerprint density at radius 1 is 1.33 bits per heavy atom. The number of hydrogen-bond acceptors (Lipinski definition) is 6. The first-order chi connectivity index (χ1) is 12.9. The molecule has 3 rings (SSSR count). The maximum atomic E-state index is 12.1. The van der Waals surface area contributed by atoms with Crippen molar-refractivity contribution >= 4 is 40.8 Å². The van der Waals surface area contributed by atoms with Crippen LogP contribution in [0.25, 0.3) is 0 Å². The van der Waals surface area contributed by atoms with Gasteiger partial charge in [0.2, 0.25) is 0 Å². The molecule has 2 N–H and O–H groups in total. The molecule has 0 bridgehead atoms. The van der Waals surface area contributed by atoms with E-state index in [4.69, 9.17) is 21.1 Å². The summed E-state index contributed by atoms with van der Waals surface area (Å²) in [5, 5.41) is 5.30. The van der Waals surface area contributed by atoms with Crippen LogP contribution in [0.1, 0.15) is 13.3 Å².